The molecule has 1 aliphatic heterocycles. The number of hydrogen-bond donors (Lipinski definition) is 2. The van der Waals surface area contributed by atoms with E-state index in [-0.39, 0.29) is 54.3 Å². The Balaban J connectivity index is 0.00000392. The standard InChI is InChI=1S/C18H29FN4O3S.HI/c1-13-5-6-16(9-17(13)19)10-22-18(20-4)21-7-8-27(24,25)23-11-14(2)26-15(3)12-23;/h5-6,9,14-15H,7-8,10-12H2,1-4H3,(H2,20,21,22);1H. The molecule has 160 valence electrons. The molecule has 1 saturated heterocycles. The summed E-state index contributed by atoms with van der Waals surface area (Å²) < 4.78 is 45.7. The van der Waals surface area contributed by atoms with Gasteiger partial charge in [-0.2, -0.15) is 4.31 Å². The van der Waals surface area contributed by atoms with E-state index in [0.29, 0.717) is 31.2 Å². The largest absolute Gasteiger partial charge is 0.373 e. The van der Waals surface area contributed by atoms with Crippen LogP contribution in [0.15, 0.2) is 23.2 Å². The van der Waals surface area contributed by atoms with Gasteiger partial charge in [-0.05, 0) is 38.0 Å². The fourth-order valence-electron chi connectivity index (χ4n) is 2.94. The third-order valence-corrected chi connectivity index (χ3v) is 6.16. The van der Waals surface area contributed by atoms with Crippen molar-refractivity contribution in [1.29, 1.82) is 0 Å². The first-order valence-electron chi connectivity index (χ1n) is 9.04. The summed E-state index contributed by atoms with van der Waals surface area (Å²) in [6, 6.07) is 5.03. The van der Waals surface area contributed by atoms with E-state index in [4.69, 9.17) is 4.74 Å². The lowest BCUT2D eigenvalue weighted by atomic mass is 10.1. The average Bonchev–Trinajstić information content (AvgIpc) is 2.60. The van der Waals surface area contributed by atoms with Crippen LogP contribution in [0.1, 0.15) is 25.0 Å². The van der Waals surface area contributed by atoms with Crippen molar-refractivity contribution in [2.24, 2.45) is 4.99 Å². The lowest BCUT2D eigenvalue weighted by Gasteiger charge is -2.34. The summed E-state index contributed by atoms with van der Waals surface area (Å²) in [6.07, 6.45) is -0.221. The second kappa shape index (κ2) is 11.3. The van der Waals surface area contributed by atoms with Crippen LogP contribution in [0, 0.1) is 12.7 Å². The smallest absolute Gasteiger partial charge is 0.216 e. The van der Waals surface area contributed by atoms with Crippen LogP contribution in [0.4, 0.5) is 4.39 Å². The summed E-state index contributed by atoms with van der Waals surface area (Å²) >= 11 is 0. The van der Waals surface area contributed by atoms with Crippen LogP contribution in [0.25, 0.3) is 0 Å². The van der Waals surface area contributed by atoms with Crippen molar-refractivity contribution in [1.82, 2.24) is 14.9 Å². The van der Waals surface area contributed by atoms with Crippen LogP contribution in [0.5, 0.6) is 0 Å². The van der Waals surface area contributed by atoms with Gasteiger partial charge >= 0.3 is 0 Å². The van der Waals surface area contributed by atoms with Crippen LogP contribution in [-0.2, 0) is 21.3 Å². The Hall–Kier alpha value is -0.980. The summed E-state index contributed by atoms with van der Waals surface area (Å²) in [5.41, 5.74) is 1.38. The van der Waals surface area contributed by atoms with E-state index in [9.17, 15) is 12.8 Å². The number of aliphatic imine (C=N–C) groups is 1. The van der Waals surface area contributed by atoms with E-state index in [1.807, 2.05) is 19.9 Å². The molecule has 0 amide bonds. The molecule has 7 nitrogen and oxygen atoms in total. The van der Waals surface area contributed by atoms with E-state index < -0.39 is 10.0 Å². The second-order valence-corrected chi connectivity index (χ2v) is 8.91. The molecule has 2 unspecified atom stereocenters. The number of nitrogens with one attached hydrogen (secondary N) is 2. The second-order valence-electron chi connectivity index (χ2n) is 6.83. The van der Waals surface area contributed by atoms with Gasteiger partial charge in [0.15, 0.2) is 5.96 Å². The third-order valence-electron chi connectivity index (χ3n) is 4.35. The predicted octanol–water partition coefficient (Wildman–Crippen LogP) is 1.86. The third kappa shape index (κ3) is 7.45. The Morgan fingerprint density at radius 1 is 1.29 bits per heavy atom. The fourth-order valence-corrected chi connectivity index (χ4v) is 4.43. The number of halogens is 2. The number of ether oxygens (including phenoxy) is 1. The topological polar surface area (TPSA) is 83.0 Å². The maximum Gasteiger partial charge on any atom is 0.216 e. The van der Waals surface area contributed by atoms with Crippen molar-refractivity contribution in [3.8, 4) is 0 Å². The van der Waals surface area contributed by atoms with Gasteiger partial charge in [-0.1, -0.05) is 12.1 Å². The molecular formula is C18H30FIN4O3S. The highest BCUT2D eigenvalue weighted by Crippen LogP contribution is 2.14. The first-order chi connectivity index (χ1) is 12.7. The summed E-state index contributed by atoms with van der Waals surface area (Å²) in [4.78, 5) is 4.07. The first kappa shape index (κ1) is 25.1. The molecule has 0 spiro atoms. The van der Waals surface area contributed by atoms with Crippen molar-refractivity contribution in [3.05, 3.63) is 35.1 Å². The van der Waals surface area contributed by atoms with Gasteiger partial charge in [-0.25, -0.2) is 12.8 Å². The highest BCUT2D eigenvalue weighted by atomic mass is 127. The van der Waals surface area contributed by atoms with Crippen LogP contribution in [0.2, 0.25) is 0 Å². The quantitative estimate of drug-likeness (QED) is 0.335. The van der Waals surface area contributed by atoms with E-state index >= 15 is 0 Å². The maximum absolute atomic E-state index is 13.6. The van der Waals surface area contributed by atoms with Crippen molar-refractivity contribution < 1.29 is 17.5 Å². The molecule has 1 fully saturated rings. The molecule has 0 bridgehead atoms. The average molecular weight is 528 g/mol. The molecule has 10 heteroatoms. The molecule has 1 aromatic rings. The van der Waals surface area contributed by atoms with Gasteiger partial charge in [0.2, 0.25) is 10.0 Å². The van der Waals surface area contributed by atoms with Gasteiger partial charge in [0.25, 0.3) is 0 Å². The van der Waals surface area contributed by atoms with Crippen LogP contribution in [0.3, 0.4) is 0 Å². The molecule has 1 heterocycles. The van der Waals surface area contributed by atoms with Crippen LogP contribution < -0.4 is 10.6 Å². The SMILES string of the molecule is CN=C(NCCS(=O)(=O)N1CC(C)OC(C)C1)NCc1ccc(C)c(F)c1.I. The number of benzene rings is 1. The lowest BCUT2D eigenvalue weighted by Crippen LogP contribution is -2.50. The van der Waals surface area contributed by atoms with Gasteiger partial charge in [-0.15, -0.1) is 24.0 Å². The van der Waals surface area contributed by atoms with Crippen molar-refractivity contribution >= 4 is 40.0 Å². The lowest BCUT2D eigenvalue weighted by molar-refractivity contribution is -0.0440. The van der Waals surface area contributed by atoms with Crippen molar-refractivity contribution in [3.63, 3.8) is 0 Å². The Kier molecular flexibility index (Phi) is 10.1. The minimum absolute atomic E-state index is 0. The fraction of sp³-hybridized carbons (Fsp3) is 0.611. The molecular weight excluding hydrogens is 498 g/mol. The molecule has 0 aliphatic carbocycles. The molecule has 0 saturated carbocycles. The molecule has 1 aromatic carbocycles. The summed E-state index contributed by atoms with van der Waals surface area (Å²) in [5.74, 6) is 0.180. The van der Waals surface area contributed by atoms with E-state index in [0.717, 1.165) is 5.56 Å². The Bertz CT molecular complexity index is 766. The molecule has 0 aromatic heterocycles. The number of sulfonamides is 1. The van der Waals surface area contributed by atoms with Gasteiger partial charge in [0, 0.05) is 33.2 Å². The number of guanidine groups is 1. The number of aryl methyl sites for hydroxylation is 1. The minimum atomic E-state index is -3.37. The minimum Gasteiger partial charge on any atom is -0.373 e. The van der Waals surface area contributed by atoms with E-state index in [1.165, 1.54) is 10.4 Å². The van der Waals surface area contributed by atoms with Crippen molar-refractivity contribution in [2.75, 3.05) is 32.4 Å². The molecule has 1 aliphatic rings. The number of rotatable bonds is 6. The molecule has 0 radical (unpaired) electrons. The molecule has 2 atom stereocenters. The van der Waals surface area contributed by atoms with Crippen LogP contribution >= 0.6 is 24.0 Å². The zero-order valence-corrected chi connectivity index (χ0v) is 19.9. The first-order valence-corrected chi connectivity index (χ1v) is 10.6. The highest BCUT2D eigenvalue weighted by Gasteiger charge is 2.30. The summed E-state index contributed by atoms with van der Waals surface area (Å²) in [5, 5.41) is 6.05. The van der Waals surface area contributed by atoms with Gasteiger partial charge in [-0.3, -0.25) is 4.99 Å². The van der Waals surface area contributed by atoms with E-state index in [2.05, 4.69) is 15.6 Å². The predicted molar refractivity (Wildman–Crippen MR) is 120 cm³/mol. The van der Waals surface area contributed by atoms with Gasteiger partial charge in [0.05, 0.1) is 18.0 Å². The van der Waals surface area contributed by atoms with Crippen molar-refractivity contribution in [2.45, 2.75) is 39.5 Å². The zero-order valence-electron chi connectivity index (χ0n) is 16.7. The summed E-state index contributed by atoms with van der Waals surface area (Å²) in [6.45, 7) is 6.82. The number of nitrogens with zero attached hydrogens (tertiary/aromatic N) is 2. The summed E-state index contributed by atoms with van der Waals surface area (Å²) in [7, 11) is -1.77. The molecule has 2 N–H and O–H groups in total. The zero-order chi connectivity index (χ0) is 20.0. The highest BCUT2D eigenvalue weighted by molar-refractivity contribution is 14.0. The molecule has 2 rings (SSSR count). The maximum atomic E-state index is 13.6. The van der Waals surface area contributed by atoms with E-state index in [1.54, 1.807) is 20.0 Å². The number of morpholine rings is 1. The monoisotopic (exact) mass is 528 g/mol. The normalized spacial score (nSPS) is 21.1. The van der Waals surface area contributed by atoms with Crippen LogP contribution in [-0.4, -0.2) is 63.3 Å². The Morgan fingerprint density at radius 3 is 2.50 bits per heavy atom. The van der Waals surface area contributed by atoms with Gasteiger partial charge < -0.3 is 15.4 Å². The number of hydrogen-bond acceptors (Lipinski definition) is 4. The Labute approximate surface area is 184 Å². The Morgan fingerprint density at radius 2 is 1.93 bits per heavy atom. The van der Waals surface area contributed by atoms with Gasteiger partial charge in [0.1, 0.15) is 5.82 Å². The molecule has 28 heavy (non-hydrogen) atoms.